The Morgan fingerprint density at radius 2 is 1.12 bits per heavy atom. The van der Waals surface area contributed by atoms with Crippen LogP contribution in [-0.2, 0) is 0 Å². The summed E-state index contributed by atoms with van der Waals surface area (Å²) in [6.45, 7) is 2.36. The molecule has 8 aromatic rings. The SMILES string of the molecule is CC1C=C(N(c2ccc(-c3ccccc3)cc2)c2ccc(-c3cccc(-c4cc(-c5ccccc5)c5oc6ccccc6c5c4)c3)cc2)C=CC1C1C=CC=CC1. The molecule has 2 nitrogen and oxygen atoms in total. The number of hydrogen-bond acceptors (Lipinski definition) is 2. The highest BCUT2D eigenvalue weighted by Gasteiger charge is 2.27. The summed E-state index contributed by atoms with van der Waals surface area (Å²) in [5.41, 5.74) is 14.7. The molecule has 0 fully saturated rings. The molecule has 0 spiro atoms. The van der Waals surface area contributed by atoms with E-state index in [-0.39, 0.29) is 0 Å². The van der Waals surface area contributed by atoms with E-state index < -0.39 is 0 Å². The summed E-state index contributed by atoms with van der Waals surface area (Å²) < 4.78 is 6.48. The van der Waals surface area contributed by atoms with E-state index in [1.807, 2.05) is 6.07 Å². The van der Waals surface area contributed by atoms with E-state index in [9.17, 15) is 0 Å². The van der Waals surface area contributed by atoms with Crippen LogP contribution >= 0.6 is 0 Å². The highest BCUT2D eigenvalue weighted by atomic mass is 16.3. The van der Waals surface area contributed by atoms with Gasteiger partial charge in [0.15, 0.2) is 0 Å². The van der Waals surface area contributed by atoms with Gasteiger partial charge in [-0.25, -0.2) is 0 Å². The molecule has 1 heterocycles. The number of fused-ring (bicyclic) bond motifs is 3. The molecule has 0 saturated heterocycles. The number of para-hydroxylation sites is 1. The second-order valence-electron chi connectivity index (χ2n) is 15.3. The van der Waals surface area contributed by atoms with Crippen molar-refractivity contribution in [2.75, 3.05) is 4.90 Å². The number of nitrogens with zero attached hydrogens (tertiary/aromatic N) is 1. The lowest BCUT2D eigenvalue weighted by Gasteiger charge is -2.34. The van der Waals surface area contributed by atoms with Gasteiger partial charge in [0.25, 0.3) is 0 Å². The number of anilines is 2. The fourth-order valence-electron chi connectivity index (χ4n) is 8.78. The van der Waals surface area contributed by atoms with E-state index >= 15 is 0 Å². The second-order valence-corrected chi connectivity index (χ2v) is 15.3. The van der Waals surface area contributed by atoms with Gasteiger partial charge in [-0.2, -0.15) is 0 Å². The maximum absolute atomic E-state index is 6.48. The predicted molar refractivity (Wildman–Crippen MR) is 240 cm³/mol. The molecule has 0 N–H and O–H groups in total. The van der Waals surface area contributed by atoms with E-state index in [1.54, 1.807) is 0 Å². The summed E-state index contributed by atoms with van der Waals surface area (Å²) in [6, 6.07) is 61.0. The van der Waals surface area contributed by atoms with Crippen molar-refractivity contribution in [1.82, 2.24) is 0 Å². The fourth-order valence-corrected chi connectivity index (χ4v) is 8.78. The van der Waals surface area contributed by atoms with Crippen molar-refractivity contribution in [2.45, 2.75) is 13.3 Å². The van der Waals surface area contributed by atoms with Gasteiger partial charge in [0.1, 0.15) is 11.2 Å². The lowest BCUT2D eigenvalue weighted by molar-refractivity contribution is 0.388. The Kier molecular flexibility index (Phi) is 9.08. The molecule has 0 radical (unpaired) electrons. The molecule has 0 aliphatic heterocycles. The van der Waals surface area contributed by atoms with Crippen molar-refractivity contribution >= 4 is 33.3 Å². The molecule has 7 aromatic carbocycles. The van der Waals surface area contributed by atoms with Crippen LogP contribution in [0.1, 0.15) is 13.3 Å². The van der Waals surface area contributed by atoms with Crippen LogP contribution in [0.25, 0.3) is 66.4 Å². The van der Waals surface area contributed by atoms with Crippen LogP contribution in [0.2, 0.25) is 0 Å². The lowest BCUT2D eigenvalue weighted by Crippen LogP contribution is -2.24. The van der Waals surface area contributed by atoms with Crippen molar-refractivity contribution in [2.24, 2.45) is 17.8 Å². The average Bonchev–Trinajstić information content (AvgIpc) is 3.66. The Balaban J connectivity index is 1.00. The van der Waals surface area contributed by atoms with Gasteiger partial charge in [-0.3, -0.25) is 0 Å². The van der Waals surface area contributed by atoms with E-state index in [2.05, 4.69) is 218 Å². The summed E-state index contributed by atoms with van der Waals surface area (Å²) in [6.07, 6.45) is 17.4. The minimum atomic E-state index is 0.404. The molecule has 3 atom stereocenters. The number of allylic oxidation sites excluding steroid dienone is 7. The number of rotatable bonds is 8. The van der Waals surface area contributed by atoms with Crippen molar-refractivity contribution in [3.05, 3.63) is 218 Å². The first-order valence-corrected chi connectivity index (χ1v) is 20.1. The van der Waals surface area contributed by atoms with Crippen molar-refractivity contribution < 1.29 is 4.42 Å². The third kappa shape index (κ3) is 6.74. The van der Waals surface area contributed by atoms with Crippen LogP contribution in [0.5, 0.6) is 0 Å². The largest absolute Gasteiger partial charge is 0.455 e. The highest BCUT2D eigenvalue weighted by molar-refractivity contribution is 6.11. The molecular formula is C55H43NO. The van der Waals surface area contributed by atoms with E-state index in [4.69, 9.17) is 4.42 Å². The molecule has 1 aromatic heterocycles. The van der Waals surface area contributed by atoms with Gasteiger partial charge in [0.05, 0.1) is 0 Å². The molecule has 0 bridgehead atoms. The van der Waals surface area contributed by atoms with Crippen molar-refractivity contribution in [3.63, 3.8) is 0 Å². The fraction of sp³-hybridized carbons (Fsp3) is 0.0909. The first-order valence-electron chi connectivity index (χ1n) is 20.1. The lowest BCUT2D eigenvalue weighted by atomic mass is 9.76. The van der Waals surface area contributed by atoms with Crippen LogP contribution in [0.4, 0.5) is 11.4 Å². The summed E-state index contributed by atoms with van der Waals surface area (Å²) in [7, 11) is 0. The molecule has 57 heavy (non-hydrogen) atoms. The van der Waals surface area contributed by atoms with Crippen LogP contribution in [-0.4, -0.2) is 0 Å². The zero-order valence-electron chi connectivity index (χ0n) is 32.0. The van der Waals surface area contributed by atoms with Crippen LogP contribution in [0.15, 0.2) is 223 Å². The van der Waals surface area contributed by atoms with E-state index in [1.165, 1.54) is 39.1 Å². The zero-order chi connectivity index (χ0) is 38.1. The molecule has 2 aliphatic carbocycles. The number of furan rings is 1. The van der Waals surface area contributed by atoms with Crippen molar-refractivity contribution in [3.8, 4) is 44.5 Å². The van der Waals surface area contributed by atoms with Gasteiger partial charge in [-0.1, -0.05) is 165 Å². The van der Waals surface area contributed by atoms with E-state index in [0.717, 1.165) is 50.9 Å². The molecule has 3 unspecified atom stereocenters. The Hall–Kier alpha value is -6.90. The van der Waals surface area contributed by atoms with Gasteiger partial charge in [-0.05, 0) is 118 Å². The van der Waals surface area contributed by atoms with E-state index in [0.29, 0.717) is 17.8 Å². The molecular weight excluding hydrogens is 691 g/mol. The molecule has 2 aliphatic rings. The van der Waals surface area contributed by atoms with Crippen LogP contribution in [0, 0.1) is 17.8 Å². The second kappa shape index (κ2) is 15.0. The number of benzene rings is 7. The van der Waals surface area contributed by atoms with Gasteiger partial charge >= 0.3 is 0 Å². The smallest absolute Gasteiger partial charge is 0.143 e. The van der Waals surface area contributed by atoms with Gasteiger partial charge in [0.2, 0.25) is 0 Å². The summed E-state index contributed by atoms with van der Waals surface area (Å²) >= 11 is 0. The van der Waals surface area contributed by atoms with Crippen LogP contribution < -0.4 is 4.90 Å². The van der Waals surface area contributed by atoms with Gasteiger partial charge in [0, 0.05) is 33.4 Å². The number of hydrogen-bond donors (Lipinski definition) is 0. The quantitative estimate of drug-likeness (QED) is 0.155. The monoisotopic (exact) mass is 733 g/mol. The molecule has 0 amide bonds. The Bertz CT molecular complexity index is 2820. The standard InChI is InChI=1S/C55H43NO/c1-38-34-49(32-33-50(38)42-16-7-3-8-17-42)56(47-28-24-40(25-29-47)39-14-5-2-6-15-39)48-30-26-41(27-31-48)44-20-13-21-45(35-44)46-36-52(43-18-9-4-10-19-43)55-53(37-46)51-22-11-12-23-54(51)57-55/h2-16,18-38,42,50H,17H2,1H3. The topological polar surface area (TPSA) is 16.4 Å². The Morgan fingerprint density at radius 3 is 1.81 bits per heavy atom. The van der Waals surface area contributed by atoms with Gasteiger partial charge in [-0.15, -0.1) is 0 Å². The van der Waals surface area contributed by atoms with Crippen molar-refractivity contribution in [1.29, 1.82) is 0 Å². The maximum Gasteiger partial charge on any atom is 0.143 e. The predicted octanol–water partition coefficient (Wildman–Crippen LogP) is 15.2. The van der Waals surface area contributed by atoms with Gasteiger partial charge < -0.3 is 9.32 Å². The minimum absolute atomic E-state index is 0.404. The van der Waals surface area contributed by atoms with Crippen LogP contribution in [0.3, 0.4) is 0 Å². The molecule has 274 valence electrons. The summed E-state index contributed by atoms with van der Waals surface area (Å²) in [4.78, 5) is 2.41. The maximum atomic E-state index is 6.48. The third-order valence-electron chi connectivity index (χ3n) is 11.7. The normalized spacial score (nSPS) is 17.6. The minimum Gasteiger partial charge on any atom is -0.455 e. The summed E-state index contributed by atoms with van der Waals surface area (Å²) in [5, 5.41) is 2.26. The Labute approximate surface area is 335 Å². The highest BCUT2D eigenvalue weighted by Crippen LogP contribution is 2.42. The zero-order valence-corrected chi connectivity index (χ0v) is 32.0. The molecule has 10 rings (SSSR count). The Morgan fingerprint density at radius 1 is 0.509 bits per heavy atom. The third-order valence-corrected chi connectivity index (χ3v) is 11.7. The summed E-state index contributed by atoms with van der Waals surface area (Å²) in [5.74, 6) is 1.41. The first kappa shape index (κ1) is 34.6. The average molecular weight is 734 g/mol. The molecule has 0 saturated carbocycles. The first-order chi connectivity index (χ1) is 28.2. The molecule has 2 heteroatoms.